The second kappa shape index (κ2) is 6.70. The highest BCUT2D eigenvalue weighted by Gasteiger charge is 2.01. The molecule has 0 amide bonds. The van der Waals surface area contributed by atoms with Crippen LogP contribution in [0.5, 0.6) is 0 Å². The van der Waals surface area contributed by atoms with Gasteiger partial charge in [0.1, 0.15) is 6.54 Å². The van der Waals surface area contributed by atoms with Crippen LogP contribution >= 0.6 is 11.6 Å². The topological polar surface area (TPSA) is 55.4 Å². The van der Waals surface area contributed by atoms with Gasteiger partial charge >= 0.3 is 5.97 Å². The molecule has 1 aromatic carbocycles. The summed E-state index contributed by atoms with van der Waals surface area (Å²) in [4.78, 5) is 22.3. The lowest BCUT2D eigenvalue weighted by molar-refractivity contribution is -0.139. The molecule has 0 saturated heterocycles. The fourth-order valence-electron chi connectivity index (χ4n) is 1.06. The van der Waals surface area contributed by atoms with Gasteiger partial charge in [-0.05, 0) is 24.3 Å². The van der Waals surface area contributed by atoms with E-state index in [1.807, 2.05) is 0 Å². The number of allylic oxidation sites excluding steroid dienone is 1. The van der Waals surface area contributed by atoms with Gasteiger partial charge in [0.05, 0.1) is 7.11 Å². The minimum Gasteiger partial charge on any atom is -0.468 e. The maximum absolute atomic E-state index is 11.6. The van der Waals surface area contributed by atoms with Crippen molar-refractivity contribution in [1.82, 2.24) is 5.32 Å². The molecule has 0 heterocycles. The van der Waals surface area contributed by atoms with Crippen LogP contribution in [0.1, 0.15) is 10.4 Å². The molecular formula is C12H12ClNO3. The van der Waals surface area contributed by atoms with Crippen molar-refractivity contribution in [2.45, 2.75) is 0 Å². The van der Waals surface area contributed by atoms with Gasteiger partial charge in [0.15, 0.2) is 5.78 Å². The second-order valence-electron chi connectivity index (χ2n) is 3.16. The van der Waals surface area contributed by atoms with Gasteiger partial charge < -0.3 is 10.1 Å². The zero-order chi connectivity index (χ0) is 12.7. The van der Waals surface area contributed by atoms with Crippen molar-refractivity contribution in [1.29, 1.82) is 0 Å². The lowest BCUT2D eigenvalue weighted by atomic mass is 10.1. The largest absolute Gasteiger partial charge is 0.468 e. The van der Waals surface area contributed by atoms with Crippen LogP contribution in [0.25, 0.3) is 0 Å². The van der Waals surface area contributed by atoms with Gasteiger partial charge in [0.25, 0.3) is 0 Å². The van der Waals surface area contributed by atoms with Crippen LogP contribution < -0.4 is 5.32 Å². The van der Waals surface area contributed by atoms with Gasteiger partial charge in [-0.25, -0.2) is 0 Å². The molecule has 0 bridgehead atoms. The summed E-state index contributed by atoms with van der Waals surface area (Å²) in [5.41, 5.74) is 0.533. The average Bonchev–Trinajstić information content (AvgIpc) is 2.34. The quantitative estimate of drug-likeness (QED) is 0.494. The van der Waals surface area contributed by atoms with Gasteiger partial charge in [0.2, 0.25) is 0 Å². The molecule has 4 nitrogen and oxygen atoms in total. The van der Waals surface area contributed by atoms with E-state index in [0.717, 1.165) is 0 Å². The van der Waals surface area contributed by atoms with Crippen LogP contribution in [0.3, 0.4) is 0 Å². The molecule has 0 spiro atoms. The number of carbonyl (C=O) groups excluding carboxylic acids is 2. The van der Waals surface area contributed by atoms with Crippen LogP contribution in [-0.4, -0.2) is 25.4 Å². The zero-order valence-corrected chi connectivity index (χ0v) is 10.0. The van der Waals surface area contributed by atoms with E-state index in [9.17, 15) is 9.59 Å². The fraction of sp³-hybridized carbons (Fsp3) is 0.167. The Kier molecular flexibility index (Phi) is 5.23. The maximum Gasteiger partial charge on any atom is 0.325 e. The first-order valence-corrected chi connectivity index (χ1v) is 5.28. The fourth-order valence-corrected chi connectivity index (χ4v) is 1.19. The number of hydrogen-bond donors (Lipinski definition) is 1. The number of ether oxygens (including phenoxy) is 1. The van der Waals surface area contributed by atoms with Crippen LogP contribution in [-0.2, 0) is 9.53 Å². The first-order chi connectivity index (χ1) is 8.13. The van der Waals surface area contributed by atoms with E-state index in [-0.39, 0.29) is 12.3 Å². The number of carbonyl (C=O) groups is 2. The first kappa shape index (κ1) is 13.3. The van der Waals surface area contributed by atoms with Crippen molar-refractivity contribution < 1.29 is 14.3 Å². The smallest absolute Gasteiger partial charge is 0.325 e. The van der Waals surface area contributed by atoms with Crippen molar-refractivity contribution in [3.8, 4) is 0 Å². The van der Waals surface area contributed by atoms with E-state index in [1.165, 1.54) is 19.4 Å². The van der Waals surface area contributed by atoms with E-state index in [0.29, 0.717) is 10.6 Å². The Morgan fingerprint density at radius 2 is 2.00 bits per heavy atom. The number of nitrogens with one attached hydrogen (secondary N) is 1. The third-order valence-corrected chi connectivity index (χ3v) is 2.21. The summed E-state index contributed by atoms with van der Waals surface area (Å²) in [5, 5.41) is 3.22. The summed E-state index contributed by atoms with van der Waals surface area (Å²) in [6, 6.07) is 6.56. The molecule has 0 saturated carbocycles. The molecule has 1 N–H and O–H groups in total. The molecule has 5 heteroatoms. The third-order valence-electron chi connectivity index (χ3n) is 1.96. The molecule has 1 rings (SSSR count). The predicted molar refractivity (Wildman–Crippen MR) is 64.9 cm³/mol. The molecule has 1 aromatic rings. The normalized spacial score (nSPS) is 10.2. The second-order valence-corrected chi connectivity index (χ2v) is 3.60. The SMILES string of the molecule is COC(=O)CN/C=C/C(=O)c1ccc(Cl)cc1. The van der Waals surface area contributed by atoms with Gasteiger partial charge in [-0.3, -0.25) is 9.59 Å². The van der Waals surface area contributed by atoms with Gasteiger partial charge in [-0.1, -0.05) is 11.6 Å². The minimum absolute atomic E-state index is 0.0287. The highest BCUT2D eigenvalue weighted by molar-refractivity contribution is 6.30. The summed E-state index contributed by atoms with van der Waals surface area (Å²) in [6.07, 6.45) is 2.75. The van der Waals surface area contributed by atoms with Crippen LogP contribution in [0.15, 0.2) is 36.5 Å². The van der Waals surface area contributed by atoms with Crippen molar-refractivity contribution in [2.24, 2.45) is 0 Å². The van der Waals surface area contributed by atoms with Crippen molar-refractivity contribution >= 4 is 23.4 Å². The summed E-state index contributed by atoms with van der Waals surface area (Å²) in [6.45, 7) is 0.0287. The Morgan fingerprint density at radius 1 is 1.35 bits per heavy atom. The molecular weight excluding hydrogens is 242 g/mol. The van der Waals surface area contributed by atoms with Crippen molar-refractivity contribution in [2.75, 3.05) is 13.7 Å². The lowest BCUT2D eigenvalue weighted by Gasteiger charge is -1.98. The van der Waals surface area contributed by atoms with Crippen LogP contribution in [0.2, 0.25) is 5.02 Å². The van der Waals surface area contributed by atoms with Crippen LogP contribution in [0.4, 0.5) is 0 Å². The van der Waals surface area contributed by atoms with Gasteiger partial charge in [-0.15, -0.1) is 0 Å². The molecule has 0 atom stereocenters. The summed E-state index contributed by atoms with van der Waals surface area (Å²) < 4.78 is 4.42. The lowest BCUT2D eigenvalue weighted by Crippen LogP contribution is -2.19. The Labute approximate surface area is 104 Å². The van der Waals surface area contributed by atoms with E-state index in [2.05, 4.69) is 10.1 Å². The zero-order valence-electron chi connectivity index (χ0n) is 9.27. The monoisotopic (exact) mass is 253 g/mol. The average molecular weight is 254 g/mol. The van der Waals surface area contributed by atoms with Crippen LogP contribution in [0, 0.1) is 0 Å². The summed E-state index contributed by atoms with van der Waals surface area (Å²) in [5.74, 6) is -0.562. The number of rotatable bonds is 5. The molecule has 0 unspecified atom stereocenters. The molecule has 0 radical (unpaired) electrons. The van der Waals surface area contributed by atoms with Crippen molar-refractivity contribution in [3.05, 3.63) is 47.1 Å². The van der Waals surface area contributed by atoms with Crippen molar-refractivity contribution in [3.63, 3.8) is 0 Å². The Balaban J connectivity index is 2.46. The molecule has 0 aromatic heterocycles. The third kappa shape index (κ3) is 4.70. The standard InChI is InChI=1S/C12H12ClNO3/c1-17-12(16)8-14-7-6-11(15)9-2-4-10(13)5-3-9/h2-7,14H,8H2,1H3/b7-6+. The van der Waals surface area contributed by atoms with Gasteiger partial charge in [-0.2, -0.15) is 0 Å². The summed E-state index contributed by atoms with van der Waals surface area (Å²) >= 11 is 5.70. The number of hydrogen-bond acceptors (Lipinski definition) is 4. The minimum atomic E-state index is -0.395. The highest BCUT2D eigenvalue weighted by Crippen LogP contribution is 2.10. The molecule has 0 aliphatic carbocycles. The Morgan fingerprint density at radius 3 is 2.59 bits per heavy atom. The summed E-state index contributed by atoms with van der Waals surface area (Å²) in [7, 11) is 1.30. The van der Waals surface area contributed by atoms with E-state index < -0.39 is 5.97 Å². The number of halogens is 1. The maximum atomic E-state index is 11.6. The predicted octanol–water partition coefficient (Wildman–Crippen LogP) is 1.80. The van der Waals surface area contributed by atoms with E-state index in [1.54, 1.807) is 24.3 Å². The Bertz CT molecular complexity index is 426. The molecule has 0 aliphatic rings. The highest BCUT2D eigenvalue weighted by atomic mass is 35.5. The number of esters is 1. The van der Waals surface area contributed by atoms with E-state index >= 15 is 0 Å². The molecule has 0 aliphatic heterocycles. The molecule has 0 fully saturated rings. The number of benzene rings is 1. The number of methoxy groups -OCH3 is 1. The molecule has 90 valence electrons. The Hall–Kier alpha value is -1.81. The number of ketones is 1. The first-order valence-electron chi connectivity index (χ1n) is 4.90. The van der Waals surface area contributed by atoms with E-state index in [4.69, 9.17) is 11.6 Å². The van der Waals surface area contributed by atoms with Gasteiger partial charge in [0, 0.05) is 22.9 Å². The molecule has 17 heavy (non-hydrogen) atoms.